The van der Waals surface area contributed by atoms with Gasteiger partial charge in [-0.15, -0.1) is 0 Å². The van der Waals surface area contributed by atoms with Gasteiger partial charge in [0.05, 0.1) is 0 Å². The fraction of sp³-hybridized carbons (Fsp3) is 0.0385. The summed E-state index contributed by atoms with van der Waals surface area (Å²) in [5.74, 6) is 0. The normalized spacial score (nSPS) is 11.7. The van der Waals surface area contributed by atoms with Crippen molar-refractivity contribution in [3.05, 3.63) is 232 Å². The summed E-state index contributed by atoms with van der Waals surface area (Å²) in [6.07, 6.45) is 17.3. The summed E-state index contributed by atoms with van der Waals surface area (Å²) < 4.78 is 0. The molecule has 0 saturated heterocycles. The van der Waals surface area contributed by atoms with Crippen LogP contribution in [0.1, 0.15) is 55.6 Å². The third-order valence-corrected chi connectivity index (χ3v) is 9.24. The molecule has 0 atom stereocenters. The van der Waals surface area contributed by atoms with Gasteiger partial charge in [0, 0.05) is 17.1 Å². The first kappa shape index (κ1) is 34.7. The van der Waals surface area contributed by atoms with Gasteiger partial charge in [-0.25, -0.2) is 0 Å². The Kier molecular flexibility index (Phi) is 11.1. The molecule has 256 valence electrons. The maximum Gasteiger partial charge on any atom is 0.0490 e. The van der Waals surface area contributed by atoms with Crippen molar-refractivity contribution in [2.75, 3.05) is 4.90 Å². The molecule has 0 bridgehead atoms. The molecular weight excluding hydrogens is 639 g/mol. The van der Waals surface area contributed by atoms with Crippen LogP contribution in [0.25, 0.3) is 48.6 Å². The standard InChI is InChI=1S/C52H43N/c1-40-13-38-52(41(2)39-40)53(50-34-30-48(31-35-50)28-26-46-22-18-44(19-23-46)16-14-42-9-5-3-6-10-42)51-36-32-49(33-37-51)29-27-47-24-20-45(21-25-47)17-15-43-11-7-4-8-12-43/h3-39H,1-2H3/b16-14+,17-15+,28-26+,29-27+. The van der Waals surface area contributed by atoms with Crippen LogP contribution in [-0.4, -0.2) is 0 Å². The molecule has 7 aromatic rings. The second kappa shape index (κ2) is 17.0. The molecule has 7 rings (SSSR count). The molecule has 7 aromatic carbocycles. The molecule has 0 spiro atoms. The summed E-state index contributed by atoms with van der Waals surface area (Å²) in [6.45, 7) is 4.34. The van der Waals surface area contributed by atoms with Gasteiger partial charge in [-0.2, -0.15) is 0 Å². The topological polar surface area (TPSA) is 3.24 Å². The Hall–Kier alpha value is -6.70. The highest BCUT2D eigenvalue weighted by molar-refractivity contribution is 5.81. The van der Waals surface area contributed by atoms with Gasteiger partial charge in [-0.1, -0.05) is 200 Å². The number of aryl methyl sites for hydroxylation is 2. The van der Waals surface area contributed by atoms with Crippen molar-refractivity contribution in [2.45, 2.75) is 13.8 Å². The Morgan fingerprint density at radius 2 is 0.585 bits per heavy atom. The van der Waals surface area contributed by atoms with Gasteiger partial charge in [0.2, 0.25) is 0 Å². The van der Waals surface area contributed by atoms with Crippen molar-refractivity contribution in [3.8, 4) is 0 Å². The van der Waals surface area contributed by atoms with Crippen LogP contribution >= 0.6 is 0 Å². The van der Waals surface area contributed by atoms with Crippen molar-refractivity contribution in [2.24, 2.45) is 0 Å². The smallest absolute Gasteiger partial charge is 0.0490 e. The zero-order valence-corrected chi connectivity index (χ0v) is 30.3. The van der Waals surface area contributed by atoms with Gasteiger partial charge in [0.25, 0.3) is 0 Å². The van der Waals surface area contributed by atoms with E-state index in [9.17, 15) is 0 Å². The predicted molar refractivity (Wildman–Crippen MR) is 232 cm³/mol. The fourth-order valence-electron chi connectivity index (χ4n) is 6.29. The Balaban J connectivity index is 1.05. The van der Waals surface area contributed by atoms with Gasteiger partial charge in [-0.3, -0.25) is 0 Å². The maximum atomic E-state index is 2.35. The van der Waals surface area contributed by atoms with E-state index in [1.165, 1.54) is 50.2 Å². The SMILES string of the molecule is Cc1ccc(N(c2ccc(/C=C/c3ccc(/C=C/c4ccccc4)cc3)cc2)c2ccc(/C=C/c3ccc(/C=C/c4ccccc4)cc3)cc2)c(C)c1. The minimum atomic E-state index is 1.12. The number of hydrogen-bond donors (Lipinski definition) is 0. The van der Waals surface area contributed by atoms with Crippen molar-refractivity contribution < 1.29 is 0 Å². The third kappa shape index (κ3) is 9.55. The van der Waals surface area contributed by atoms with Gasteiger partial charge in [0.15, 0.2) is 0 Å². The van der Waals surface area contributed by atoms with Crippen LogP contribution in [-0.2, 0) is 0 Å². The van der Waals surface area contributed by atoms with Gasteiger partial charge < -0.3 is 4.90 Å². The molecule has 0 N–H and O–H groups in total. The lowest BCUT2D eigenvalue weighted by molar-refractivity contribution is 1.24. The lowest BCUT2D eigenvalue weighted by atomic mass is 10.1. The van der Waals surface area contributed by atoms with Crippen LogP contribution < -0.4 is 4.90 Å². The van der Waals surface area contributed by atoms with E-state index in [1.54, 1.807) is 0 Å². The van der Waals surface area contributed by atoms with Crippen molar-refractivity contribution in [1.82, 2.24) is 0 Å². The van der Waals surface area contributed by atoms with Crippen molar-refractivity contribution in [3.63, 3.8) is 0 Å². The van der Waals surface area contributed by atoms with Crippen LogP contribution in [0.4, 0.5) is 17.1 Å². The largest absolute Gasteiger partial charge is 0.310 e. The molecule has 0 amide bonds. The van der Waals surface area contributed by atoms with E-state index in [2.05, 4.69) is 231 Å². The van der Waals surface area contributed by atoms with E-state index >= 15 is 0 Å². The van der Waals surface area contributed by atoms with E-state index in [0.29, 0.717) is 0 Å². The maximum absolute atomic E-state index is 2.35. The second-order valence-corrected chi connectivity index (χ2v) is 13.3. The highest BCUT2D eigenvalue weighted by Crippen LogP contribution is 2.37. The second-order valence-electron chi connectivity index (χ2n) is 13.3. The summed E-state index contributed by atoms with van der Waals surface area (Å²) in [5, 5.41) is 0. The van der Waals surface area contributed by atoms with E-state index in [1.807, 2.05) is 12.1 Å². The number of benzene rings is 7. The molecular formula is C52H43N. The molecule has 0 saturated carbocycles. The lowest BCUT2D eigenvalue weighted by Crippen LogP contribution is -2.11. The molecule has 1 nitrogen and oxygen atoms in total. The molecule has 0 aliphatic carbocycles. The first-order chi connectivity index (χ1) is 26.1. The quantitative estimate of drug-likeness (QED) is 0.123. The average Bonchev–Trinajstić information content (AvgIpc) is 3.21. The Bertz CT molecular complexity index is 2200. The van der Waals surface area contributed by atoms with Crippen LogP contribution in [0.2, 0.25) is 0 Å². The summed E-state index contributed by atoms with van der Waals surface area (Å²) in [7, 11) is 0. The Labute approximate surface area is 314 Å². The molecule has 0 aliphatic rings. The average molecular weight is 682 g/mol. The molecule has 0 unspecified atom stereocenters. The van der Waals surface area contributed by atoms with Crippen molar-refractivity contribution >= 4 is 65.7 Å². The van der Waals surface area contributed by atoms with E-state index in [4.69, 9.17) is 0 Å². The minimum Gasteiger partial charge on any atom is -0.310 e. The minimum absolute atomic E-state index is 1.12. The fourth-order valence-corrected chi connectivity index (χ4v) is 6.29. The van der Waals surface area contributed by atoms with Crippen LogP contribution in [0.15, 0.2) is 176 Å². The Morgan fingerprint density at radius 1 is 0.302 bits per heavy atom. The summed E-state index contributed by atoms with van der Waals surface area (Å²) in [5.41, 5.74) is 15.3. The zero-order chi connectivity index (χ0) is 36.2. The first-order valence-electron chi connectivity index (χ1n) is 18.2. The number of hydrogen-bond acceptors (Lipinski definition) is 1. The zero-order valence-electron chi connectivity index (χ0n) is 30.3. The lowest BCUT2D eigenvalue weighted by Gasteiger charge is -2.27. The van der Waals surface area contributed by atoms with Gasteiger partial charge in [0.1, 0.15) is 0 Å². The number of nitrogens with zero attached hydrogens (tertiary/aromatic N) is 1. The van der Waals surface area contributed by atoms with E-state index in [0.717, 1.165) is 22.5 Å². The highest BCUT2D eigenvalue weighted by atomic mass is 15.1. The Morgan fingerprint density at radius 3 is 0.887 bits per heavy atom. The van der Waals surface area contributed by atoms with Gasteiger partial charge >= 0.3 is 0 Å². The number of anilines is 3. The highest BCUT2D eigenvalue weighted by Gasteiger charge is 2.14. The molecule has 53 heavy (non-hydrogen) atoms. The monoisotopic (exact) mass is 681 g/mol. The van der Waals surface area contributed by atoms with Gasteiger partial charge in [-0.05, 0) is 94.3 Å². The van der Waals surface area contributed by atoms with Crippen LogP contribution in [0.3, 0.4) is 0 Å². The molecule has 0 aromatic heterocycles. The summed E-state index contributed by atoms with van der Waals surface area (Å²) in [6, 6.07) is 62.4. The predicted octanol–water partition coefficient (Wildman–Crippen LogP) is 14.5. The van der Waals surface area contributed by atoms with Crippen LogP contribution in [0.5, 0.6) is 0 Å². The molecule has 0 aliphatic heterocycles. The number of rotatable bonds is 11. The molecule has 1 heteroatoms. The molecule has 0 heterocycles. The summed E-state index contributed by atoms with van der Waals surface area (Å²) >= 11 is 0. The first-order valence-corrected chi connectivity index (χ1v) is 18.2. The van der Waals surface area contributed by atoms with Crippen LogP contribution in [0, 0.1) is 13.8 Å². The van der Waals surface area contributed by atoms with E-state index < -0.39 is 0 Å². The summed E-state index contributed by atoms with van der Waals surface area (Å²) in [4.78, 5) is 2.35. The van der Waals surface area contributed by atoms with E-state index in [-0.39, 0.29) is 0 Å². The molecule has 0 radical (unpaired) electrons. The van der Waals surface area contributed by atoms with Crippen molar-refractivity contribution in [1.29, 1.82) is 0 Å². The third-order valence-electron chi connectivity index (χ3n) is 9.24. The molecule has 0 fully saturated rings.